The Morgan fingerprint density at radius 2 is 2.06 bits per heavy atom. The first-order valence-electron chi connectivity index (χ1n) is 5.63. The lowest BCUT2D eigenvalue weighted by molar-refractivity contribution is -0.139. The van der Waals surface area contributed by atoms with Crippen LogP contribution >= 0.6 is 11.5 Å². The van der Waals surface area contributed by atoms with Crippen molar-refractivity contribution in [3.05, 3.63) is 10.6 Å². The minimum atomic E-state index is -1.04. The van der Waals surface area contributed by atoms with Gasteiger partial charge in [0, 0.05) is 5.41 Å². The Bertz CT molecular complexity index is 451. The van der Waals surface area contributed by atoms with Gasteiger partial charge in [0.2, 0.25) is 0 Å². The molecule has 0 radical (unpaired) electrons. The van der Waals surface area contributed by atoms with Crippen LogP contribution in [0.4, 0.5) is 0 Å². The highest BCUT2D eigenvalue weighted by atomic mass is 32.1. The highest BCUT2D eigenvalue weighted by Gasteiger charge is 2.28. The Labute approximate surface area is 110 Å². The zero-order chi connectivity index (χ0) is 13.9. The van der Waals surface area contributed by atoms with Gasteiger partial charge in [-0.15, -0.1) is 5.10 Å². The number of nitrogens with one attached hydrogen (secondary N) is 1. The van der Waals surface area contributed by atoms with E-state index in [0.717, 1.165) is 11.5 Å². The normalized spacial score (nSPS) is 13.1. The van der Waals surface area contributed by atoms with Crippen molar-refractivity contribution in [2.45, 2.75) is 45.6 Å². The van der Waals surface area contributed by atoms with Gasteiger partial charge in [0.25, 0.3) is 5.91 Å². The summed E-state index contributed by atoms with van der Waals surface area (Å²) in [6, 6.07) is -0.882. The molecule has 0 aliphatic carbocycles. The molecule has 2 N–H and O–H groups in total. The van der Waals surface area contributed by atoms with Crippen LogP contribution in [-0.2, 0) is 10.2 Å². The van der Waals surface area contributed by atoms with E-state index in [9.17, 15) is 9.59 Å². The molecule has 1 atom stereocenters. The summed E-state index contributed by atoms with van der Waals surface area (Å²) in [5.74, 6) is -1.47. The average molecular weight is 271 g/mol. The van der Waals surface area contributed by atoms with Crippen LogP contribution < -0.4 is 5.32 Å². The molecule has 0 saturated heterocycles. The number of carbonyl (C=O) groups is 2. The molecular formula is C11H17N3O3S. The number of aromatic nitrogens is 2. The van der Waals surface area contributed by atoms with E-state index in [-0.39, 0.29) is 5.41 Å². The molecule has 1 aromatic heterocycles. The Kier molecular flexibility index (Phi) is 4.39. The summed E-state index contributed by atoms with van der Waals surface area (Å²) in [6.07, 6.45) is 0.332. The first-order valence-corrected chi connectivity index (χ1v) is 6.41. The maximum Gasteiger partial charge on any atom is 0.326 e. The summed E-state index contributed by atoms with van der Waals surface area (Å²) in [4.78, 5) is 23.3. The van der Waals surface area contributed by atoms with Gasteiger partial charge < -0.3 is 10.4 Å². The lowest BCUT2D eigenvalue weighted by Crippen LogP contribution is -2.40. The van der Waals surface area contributed by atoms with Gasteiger partial charge in [0.1, 0.15) is 10.9 Å². The molecule has 0 fully saturated rings. The molecule has 0 bridgehead atoms. The van der Waals surface area contributed by atoms with Gasteiger partial charge in [-0.05, 0) is 18.0 Å². The standard InChI is InChI=1S/C11H17N3O3S/c1-5-6(10(16)17)12-9(15)7-8(11(2,3)4)13-14-18-7/h6H,5H2,1-4H3,(H,12,15)(H,16,17)/t6-/m1/s1. The maximum atomic E-state index is 12.0. The van der Waals surface area contributed by atoms with E-state index in [4.69, 9.17) is 5.11 Å². The summed E-state index contributed by atoms with van der Waals surface area (Å²) in [5.41, 5.74) is 0.287. The molecule has 1 amide bonds. The second-order valence-electron chi connectivity index (χ2n) is 4.97. The third kappa shape index (κ3) is 3.25. The van der Waals surface area contributed by atoms with Gasteiger partial charge >= 0.3 is 5.97 Å². The summed E-state index contributed by atoms with van der Waals surface area (Å²) in [6.45, 7) is 7.48. The van der Waals surface area contributed by atoms with Crippen molar-refractivity contribution < 1.29 is 14.7 Å². The fraction of sp³-hybridized carbons (Fsp3) is 0.636. The van der Waals surface area contributed by atoms with E-state index in [2.05, 4.69) is 14.9 Å². The molecule has 0 aromatic carbocycles. The minimum absolute atomic E-state index is 0.301. The molecular weight excluding hydrogens is 254 g/mol. The molecule has 0 unspecified atom stereocenters. The van der Waals surface area contributed by atoms with Gasteiger partial charge in [-0.25, -0.2) is 4.79 Å². The molecule has 6 nitrogen and oxygen atoms in total. The number of carboxylic acid groups (broad SMARTS) is 1. The van der Waals surface area contributed by atoms with Crippen molar-refractivity contribution in [2.75, 3.05) is 0 Å². The van der Waals surface area contributed by atoms with Crippen LogP contribution in [-0.4, -0.2) is 32.6 Å². The molecule has 18 heavy (non-hydrogen) atoms. The SMILES string of the molecule is CC[C@@H](NC(=O)c1snnc1C(C)(C)C)C(=O)O. The molecule has 1 aromatic rings. The van der Waals surface area contributed by atoms with Crippen molar-refractivity contribution in [3.8, 4) is 0 Å². The van der Waals surface area contributed by atoms with Crippen LogP contribution in [0.3, 0.4) is 0 Å². The van der Waals surface area contributed by atoms with E-state index in [1.165, 1.54) is 0 Å². The Morgan fingerprint density at radius 1 is 1.44 bits per heavy atom. The van der Waals surface area contributed by atoms with Gasteiger partial charge in [-0.2, -0.15) is 0 Å². The second kappa shape index (κ2) is 5.43. The monoisotopic (exact) mass is 271 g/mol. The number of aliphatic carboxylic acids is 1. The average Bonchev–Trinajstić information content (AvgIpc) is 2.73. The molecule has 0 saturated carbocycles. The number of carboxylic acids is 1. The Morgan fingerprint density at radius 3 is 2.50 bits per heavy atom. The molecule has 1 rings (SSSR count). The van der Waals surface area contributed by atoms with Crippen LogP contribution in [0, 0.1) is 0 Å². The third-order valence-electron chi connectivity index (χ3n) is 2.42. The molecule has 0 aliphatic heterocycles. The second-order valence-corrected chi connectivity index (χ2v) is 5.73. The van der Waals surface area contributed by atoms with Crippen molar-refractivity contribution in [1.82, 2.24) is 14.9 Å². The van der Waals surface area contributed by atoms with E-state index in [1.54, 1.807) is 6.92 Å². The molecule has 0 spiro atoms. The lowest BCUT2D eigenvalue weighted by Gasteiger charge is -2.17. The van der Waals surface area contributed by atoms with Crippen molar-refractivity contribution in [1.29, 1.82) is 0 Å². The molecule has 7 heteroatoms. The molecule has 100 valence electrons. The van der Waals surface area contributed by atoms with Crippen LogP contribution in [0.25, 0.3) is 0 Å². The summed E-state index contributed by atoms with van der Waals surface area (Å²) in [7, 11) is 0. The summed E-state index contributed by atoms with van der Waals surface area (Å²) >= 11 is 0.983. The number of nitrogens with zero attached hydrogens (tertiary/aromatic N) is 2. The fourth-order valence-corrected chi connectivity index (χ4v) is 2.17. The van der Waals surface area contributed by atoms with Crippen LogP contribution in [0.5, 0.6) is 0 Å². The van der Waals surface area contributed by atoms with Crippen molar-refractivity contribution in [2.24, 2.45) is 0 Å². The van der Waals surface area contributed by atoms with E-state index in [0.29, 0.717) is 17.0 Å². The highest BCUT2D eigenvalue weighted by Crippen LogP contribution is 2.25. The zero-order valence-electron chi connectivity index (χ0n) is 10.9. The van der Waals surface area contributed by atoms with Crippen LogP contribution in [0.2, 0.25) is 0 Å². The van der Waals surface area contributed by atoms with E-state index >= 15 is 0 Å². The third-order valence-corrected chi connectivity index (χ3v) is 3.14. The minimum Gasteiger partial charge on any atom is -0.480 e. The Balaban J connectivity index is 2.92. The van der Waals surface area contributed by atoms with Gasteiger partial charge in [-0.1, -0.05) is 32.2 Å². The van der Waals surface area contributed by atoms with Gasteiger partial charge in [-0.3, -0.25) is 4.79 Å². The first kappa shape index (κ1) is 14.6. The largest absolute Gasteiger partial charge is 0.480 e. The lowest BCUT2D eigenvalue weighted by atomic mass is 9.91. The van der Waals surface area contributed by atoms with Gasteiger partial charge in [0.05, 0.1) is 5.69 Å². The maximum absolute atomic E-state index is 12.0. The van der Waals surface area contributed by atoms with E-state index < -0.39 is 17.9 Å². The predicted octanol–water partition coefficient (Wildman–Crippen LogP) is 1.43. The van der Waals surface area contributed by atoms with Crippen LogP contribution in [0.15, 0.2) is 0 Å². The number of amides is 1. The van der Waals surface area contributed by atoms with Crippen molar-refractivity contribution >= 4 is 23.4 Å². The smallest absolute Gasteiger partial charge is 0.326 e. The summed E-state index contributed by atoms with van der Waals surface area (Å²) in [5, 5.41) is 15.3. The molecule has 0 aliphatic rings. The molecule has 1 heterocycles. The van der Waals surface area contributed by atoms with E-state index in [1.807, 2.05) is 20.8 Å². The summed E-state index contributed by atoms with van der Waals surface area (Å²) < 4.78 is 3.77. The Hall–Kier alpha value is -1.50. The number of hydrogen-bond acceptors (Lipinski definition) is 5. The highest BCUT2D eigenvalue weighted by molar-refractivity contribution is 7.08. The van der Waals surface area contributed by atoms with Crippen LogP contribution in [0.1, 0.15) is 49.5 Å². The number of rotatable bonds is 4. The predicted molar refractivity (Wildman–Crippen MR) is 67.8 cm³/mol. The topological polar surface area (TPSA) is 92.2 Å². The fourth-order valence-electron chi connectivity index (χ4n) is 1.39. The number of hydrogen-bond donors (Lipinski definition) is 2. The quantitative estimate of drug-likeness (QED) is 0.864. The van der Waals surface area contributed by atoms with Crippen molar-refractivity contribution in [3.63, 3.8) is 0 Å². The first-order chi connectivity index (χ1) is 8.27. The zero-order valence-corrected chi connectivity index (χ0v) is 11.7. The number of carbonyl (C=O) groups excluding carboxylic acids is 1. The van der Waals surface area contributed by atoms with Gasteiger partial charge in [0.15, 0.2) is 0 Å².